The van der Waals surface area contributed by atoms with Crippen LogP contribution in [0.5, 0.6) is 5.75 Å². The molecule has 3 atom stereocenters. The Bertz CT molecular complexity index is 1300. The van der Waals surface area contributed by atoms with Gasteiger partial charge < -0.3 is 20.5 Å². The maximum absolute atomic E-state index is 15.8. The summed E-state index contributed by atoms with van der Waals surface area (Å²) >= 11 is 6.42. The second kappa shape index (κ2) is 11.3. The number of fused-ring (bicyclic) bond motifs is 1. The molecule has 3 aliphatic rings. The van der Waals surface area contributed by atoms with Crippen molar-refractivity contribution in [1.82, 2.24) is 5.32 Å². The first-order valence-corrected chi connectivity index (χ1v) is 13.4. The second-order valence-corrected chi connectivity index (χ2v) is 10.6. The Labute approximate surface area is 229 Å². The molecule has 10 heteroatoms. The van der Waals surface area contributed by atoms with Gasteiger partial charge in [-0.15, -0.1) is 0 Å². The van der Waals surface area contributed by atoms with Gasteiger partial charge in [0.1, 0.15) is 17.7 Å². The molecule has 39 heavy (non-hydrogen) atoms. The highest BCUT2D eigenvalue weighted by Gasteiger charge is 2.46. The average Bonchev–Trinajstić information content (AvgIpc) is 3.29. The third kappa shape index (κ3) is 5.44. The molecule has 1 amide bonds. The van der Waals surface area contributed by atoms with Crippen molar-refractivity contribution in [2.24, 2.45) is 5.73 Å². The van der Waals surface area contributed by atoms with Crippen molar-refractivity contribution >= 4 is 23.1 Å². The molecule has 0 radical (unpaired) electrons. The summed E-state index contributed by atoms with van der Waals surface area (Å²) in [5.74, 6) is -1.79. The smallest absolute Gasteiger partial charge is 0.345 e. The molecule has 2 aliphatic carbocycles. The molecule has 5 rings (SSSR count). The van der Waals surface area contributed by atoms with Gasteiger partial charge in [-0.3, -0.25) is 4.79 Å². The molecule has 208 valence electrons. The highest BCUT2D eigenvalue weighted by atomic mass is 35.5. The van der Waals surface area contributed by atoms with E-state index in [1.54, 1.807) is 0 Å². The van der Waals surface area contributed by atoms with Crippen LogP contribution < -0.4 is 15.8 Å². The number of carbonyl (C=O) groups is 1. The summed E-state index contributed by atoms with van der Waals surface area (Å²) in [5.41, 5.74) is 4.88. The third-order valence-electron chi connectivity index (χ3n) is 7.74. The van der Waals surface area contributed by atoms with Crippen molar-refractivity contribution in [3.63, 3.8) is 0 Å². The normalized spacial score (nSPS) is 25.2. The number of alkyl halides is 3. The Balaban J connectivity index is 1.61. The number of carbonyl (C=O) groups excluding carboxylic acids is 1. The number of benzene rings is 2. The highest BCUT2D eigenvalue weighted by Crippen LogP contribution is 2.49. The minimum absolute atomic E-state index is 0.129. The van der Waals surface area contributed by atoms with Gasteiger partial charge in [0.05, 0.1) is 5.02 Å². The van der Waals surface area contributed by atoms with Crippen molar-refractivity contribution in [1.29, 1.82) is 0 Å². The molecule has 0 saturated heterocycles. The van der Waals surface area contributed by atoms with Gasteiger partial charge in [0.15, 0.2) is 11.8 Å². The first-order chi connectivity index (χ1) is 18.7. The van der Waals surface area contributed by atoms with E-state index in [1.165, 1.54) is 6.42 Å². The molecule has 1 aliphatic heterocycles. The lowest BCUT2D eigenvalue weighted by atomic mass is 9.82. The molecule has 1 heterocycles. The molecule has 0 spiro atoms. The van der Waals surface area contributed by atoms with Crippen LogP contribution in [0.25, 0.3) is 5.57 Å². The van der Waals surface area contributed by atoms with Gasteiger partial charge in [0, 0.05) is 47.3 Å². The maximum atomic E-state index is 15.8. The quantitative estimate of drug-likeness (QED) is 0.387. The Morgan fingerprint density at radius 1 is 1.21 bits per heavy atom. The zero-order valence-corrected chi connectivity index (χ0v) is 21.8. The predicted octanol–water partition coefficient (Wildman–Crippen LogP) is 5.99. The molecule has 5 nitrogen and oxygen atoms in total. The molecule has 2 aromatic carbocycles. The van der Waals surface area contributed by atoms with E-state index in [4.69, 9.17) is 22.1 Å². The fourth-order valence-electron chi connectivity index (χ4n) is 5.85. The largest absolute Gasteiger partial charge is 0.480 e. The summed E-state index contributed by atoms with van der Waals surface area (Å²) in [6.07, 6.45) is 3.77. The first-order valence-electron chi connectivity index (χ1n) is 13.0. The van der Waals surface area contributed by atoms with Crippen molar-refractivity contribution < 1.29 is 31.8 Å². The molecule has 2 unspecified atom stereocenters. The van der Waals surface area contributed by atoms with Gasteiger partial charge in [-0.1, -0.05) is 73.3 Å². The van der Waals surface area contributed by atoms with Crippen LogP contribution in [0.3, 0.4) is 0 Å². The highest BCUT2D eigenvalue weighted by molar-refractivity contribution is 6.33. The zero-order chi connectivity index (χ0) is 27.7. The van der Waals surface area contributed by atoms with Gasteiger partial charge in [-0.2, -0.15) is 8.78 Å². The number of halogens is 5. The number of rotatable bonds is 8. The van der Waals surface area contributed by atoms with Crippen LogP contribution in [0, 0.1) is 5.82 Å². The molecule has 2 aromatic rings. The topological polar surface area (TPSA) is 73.6 Å². The number of hydrogen-bond acceptors (Lipinski definition) is 4. The first kappa shape index (κ1) is 27.7. The van der Waals surface area contributed by atoms with Crippen LogP contribution in [0.1, 0.15) is 48.8 Å². The van der Waals surface area contributed by atoms with Crippen LogP contribution in [0.15, 0.2) is 54.1 Å². The van der Waals surface area contributed by atoms with E-state index in [0.29, 0.717) is 18.2 Å². The number of hydrogen-bond donors (Lipinski definition) is 2. The number of ether oxygens (including phenoxy) is 2. The van der Waals surface area contributed by atoms with E-state index in [9.17, 15) is 13.6 Å². The van der Waals surface area contributed by atoms with Crippen LogP contribution in [-0.4, -0.2) is 37.4 Å². The van der Waals surface area contributed by atoms with Crippen LogP contribution in [-0.2, 0) is 21.6 Å². The molecule has 0 aromatic heterocycles. The number of nitrogens with two attached hydrogens (primary N) is 1. The van der Waals surface area contributed by atoms with Crippen LogP contribution >= 0.6 is 11.6 Å². The van der Waals surface area contributed by atoms with Gasteiger partial charge in [0.25, 0.3) is 0 Å². The minimum atomic E-state index is -3.28. The lowest BCUT2D eigenvalue weighted by molar-refractivity contribution is -0.159. The summed E-state index contributed by atoms with van der Waals surface area (Å²) in [7, 11) is 0. The molecule has 0 bridgehead atoms. The van der Waals surface area contributed by atoms with E-state index in [1.807, 2.05) is 30.3 Å². The Hall–Kier alpha value is -2.88. The van der Waals surface area contributed by atoms with E-state index in [0.717, 1.165) is 49.5 Å². The summed E-state index contributed by atoms with van der Waals surface area (Å²) in [4.78, 5) is 12.3. The predicted molar refractivity (Wildman–Crippen MR) is 140 cm³/mol. The SMILES string of the molecule is NC(=O)C1=C(c2c(Cl)c(F)cc3c2C[C@@](CNC2CCCCC2)(c2ccccc2)O3)C(F)C(OC(F)F)C=C1. The van der Waals surface area contributed by atoms with Crippen molar-refractivity contribution in [3.05, 3.63) is 81.7 Å². The average molecular weight is 565 g/mol. The van der Waals surface area contributed by atoms with E-state index in [2.05, 4.69) is 10.1 Å². The Morgan fingerprint density at radius 2 is 1.92 bits per heavy atom. The second-order valence-electron chi connectivity index (χ2n) is 10.2. The molecule has 1 fully saturated rings. The van der Waals surface area contributed by atoms with Crippen molar-refractivity contribution in [3.8, 4) is 5.75 Å². The van der Waals surface area contributed by atoms with Crippen LogP contribution in [0.4, 0.5) is 17.6 Å². The van der Waals surface area contributed by atoms with Crippen LogP contribution in [0.2, 0.25) is 5.02 Å². The summed E-state index contributed by atoms with van der Waals surface area (Å²) < 4.78 is 68.0. The molecule has 3 N–H and O–H groups in total. The summed E-state index contributed by atoms with van der Waals surface area (Å²) in [5, 5.41) is 3.15. The molecular formula is C29H29ClF4N2O3. The van der Waals surface area contributed by atoms with E-state index >= 15 is 8.78 Å². The van der Waals surface area contributed by atoms with Gasteiger partial charge >= 0.3 is 6.61 Å². The number of nitrogens with one attached hydrogen (secondary N) is 1. The fraction of sp³-hybridized carbons (Fsp3) is 0.414. The fourth-order valence-corrected chi connectivity index (χ4v) is 6.12. The molecular weight excluding hydrogens is 536 g/mol. The molecule has 1 saturated carbocycles. The van der Waals surface area contributed by atoms with E-state index < -0.39 is 46.8 Å². The lowest BCUT2D eigenvalue weighted by Gasteiger charge is -2.33. The van der Waals surface area contributed by atoms with Gasteiger partial charge in [-0.05, 0) is 18.4 Å². The van der Waals surface area contributed by atoms with E-state index in [-0.39, 0.29) is 23.3 Å². The minimum Gasteiger partial charge on any atom is -0.480 e. The summed E-state index contributed by atoms with van der Waals surface area (Å²) in [6.45, 7) is -2.89. The lowest BCUT2D eigenvalue weighted by Crippen LogP contribution is -2.46. The third-order valence-corrected chi connectivity index (χ3v) is 8.11. The standard InChI is InChI=1S/C29H29ClF4N2O3/c30-25-20(31)13-22-19(23(25)24-18(27(35)37)11-12-21(26(24)32)38-28(33)34)14-29(39-22,16-7-3-1-4-8-16)15-36-17-9-5-2-6-10-17/h1,3-4,7-8,11-13,17,21,26,28,36H,2,5-6,9-10,14-15H2,(H2,35,37)/t21?,26?,29-/m1/s1. The van der Waals surface area contributed by atoms with Gasteiger partial charge in [-0.25, -0.2) is 8.78 Å². The number of amides is 1. The maximum Gasteiger partial charge on any atom is 0.345 e. The van der Waals surface area contributed by atoms with Crippen molar-refractivity contribution in [2.45, 2.75) is 69.1 Å². The summed E-state index contributed by atoms with van der Waals surface area (Å²) in [6, 6.07) is 10.8. The van der Waals surface area contributed by atoms with Crippen molar-refractivity contribution in [2.75, 3.05) is 6.54 Å². The monoisotopic (exact) mass is 564 g/mol. The zero-order valence-electron chi connectivity index (χ0n) is 21.1. The van der Waals surface area contributed by atoms with Gasteiger partial charge in [0.2, 0.25) is 5.91 Å². The Morgan fingerprint density at radius 3 is 2.59 bits per heavy atom. The Kier molecular flexibility index (Phi) is 8.03. The number of primary amides is 1.